The molecule has 0 saturated carbocycles. The molecule has 6 nitrogen and oxygen atoms in total. The molecule has 2 aliphatic heterocycles. The van der Waals surface area contributed by atoms with Crippen LogP contribution in [0.4, 0.5) is 5.82 Å². The molecule has 1 atom stereocenters. The Morgan fingerprint density at radius 1 is 1.25 bits per heavy atom. The summed E-state index contributed by atoms with van der Waals surface area (Å²) in [4.78, 5) is 13.1. The van der Waals surface area contributed by atoms with Gasteiger partial charge < -0.3 is 9.64 Å². The van der Waals surface area contributed by atoms with Crippen LogP contribution in [0.25, 0.3) is 0 Å². The number of ether oxygens (including phenoxy) is 1. The first-order valence-electron chi connectivity index (χ1n) is 7.13. The third-order valence-corrected chi connectivity index (χ3v) is 3.99. The monoisotopic (exact) mass is 273 g/mol. The molecule has 2 fully saturated rings. The second-order valence-electron chi connectivity index (χ2n) is 5.35. The van der Waals surface area contributed by atoms with E-state index in [4.69, 9.17) is 10.00 Å². The third-order valence-electron chi connectivity index (χ3n) is 3.99. The Bertz CT molecular complexity index is 495. The maximum absolute atomic E-state index is 9.10. The van der Waals surface area contributed by atoms with Crippen LogP contribution in [-0.2, 0) is 4.74 Å². The van der Waals surface area contributed by atoms with Crippen molar-refractivity contribution in [1.29, 1.82) is 5.26 Å². The van der Waals surface area contributed by atoms with Gasteiger partial charge in [0.1, 0.15) is 6.07 Å². The van der Waals surface area contributed by atoms with Gasteiger partial charge >= 0.3 is 0 Å². The zero-order valence-electron chi connectivity index (χ0n) is 11.5. The van der Waals surface area contributed by atoms with E-state index in [1.807, 2.05) is 0 Å². The predicted molar refractivity (Wildman–Crippen MR) is 74.3 cm³/mol. The average molecular weight is 273 g/mol. The average Bonchev–Trinajstić information content (AvgIpc) is 2.96. The fourth-order valence-electron chi connectivity index (χ4n) is 2.96. The van der Waals surface area contributed by atoms with E-state index in [0.29, 0.717) is 11.6 Å². The number of rotatable bonds is 3. The SMILES string of the molecule is N#Cc1nccnc1N1CC[C@@H](CN2CCOCC2)C1. The number of nitrogens with zero attached hydrogens (tertiary/aromatic N) is 5. The van der Waals surface area contributed by atoms with E-state index in [2.05, 4.69) is 25.8 Å². The third kappa shape index (κ3) is 2.89. The quantitative estimate of drug-likeness (QED) is 0.799. The van der Waals surface area contributed by atoms with Gasteiger partial charge in [-0.25, -0.2) is 9.97 Å². The number of morpholine rings is 1. The summed E-state index contributed by atoms with van der Waals surface area (Å²) in [7, 11) is 0. The molecule has 1 aromatic heterocycles. The van der Waals surface area contributed by atoms with Crippen molar-refractivity contribution in [3.05, 3.63) is 18.1 Å². The molecule has 0 aromatic carbocycles. The summed E-state index contributed by atoms with van der Waals surface area (Å²) in [5, 5.41) is 9.10. The van der Waals surface area contributed by atoms with Gasteiger partial charge in [-0.1, -0.05) is 0 Å². The van der Waals surface area contributed by atoms with Gasteiger partial charge in [0.05, 0.1) is 13.2 Å². The molecule has 106 valence electrons. The van der Waals surface area contributed by atoms with Crippen molar-refractivity contribution >= 4 is 5.82 Å². The van der Waals surface area contributed by atoms with Gasteiger partial charge in [-0.3, -0.25) is 4.90 Å². The number of hydrogen-bond acceptors (Lipinski definition) is 6. The highest BCUT2D eigenvalue weighted by Crippen LogP contribution is 2.24. The van der Waals surface area contributed by atoms with E-state index in [0.717, 1.165) is 58.2 Å². The fraction of sp³-hybridized carbons (Fsp3) is 0.643. The van der Waals surface area contributed by atoms with Gasteiger partial charge in [-0.15, -0.1) is 0 Å². The van der Waals surface area contributed by atoms with Gasteiger partial charge in [0.25, 0.3) is 0 Å². The second-order valence-corrected chi connectivity index (χ2v) is 5.35. The van der Waals surface area contributed by atoms with Crippen molar-refractivity contribution in [2.45, 2.75) is 6.42 Å². The lowest BCUT2D eigenvalue weighted by molar-refractivity contribution is 0.0320. The predicted octanol–water partition coefficient (Wildman–Crippen LogP) is 0.507. The first-order chi connectivity index (χ1) is 9.86. The lowest BCUT2D eigenvalue weighted by Gasteiger charge is -2.29. The lowest BCUT2D eigenvalue weighted by Crippen LogP contribution is -2.40. The number of nitriles is 1. The molecule has 0 bridgehead atoms. The van der Waals surface area contributed by atoms with Crippen molar-refractivity contribution in [2.24, 2.45) is 5.92 Å². The van der Waals surface area contributed by atoms with Gasteiger partial charge in [-0.2, -0.15) is 5.26 Å². The molecule has 2 saturated heterocycles. The van der Waals surface area contributed by atoms with Crippen LogP contribution in [0.1, 0.15) is 12.1 Å². The van der Waals surface area contributed by atoms with Crippen molar-refractivity contribution < 1.29 is 4.74 Å². The Hall–Kier alpha value is -1.71. The van der Waals surface area contributed by atoms with E-state index in [9.17, 15) is 0 Å². The summed E-state index contributed by atoms with van der Waals surface area (Å²) in [5.41, 5.74) is 0.430. The maximum atomic E-state index is 9.10. The van der Waals surface area contributed by atoms with Crippen LogP contribution in [-0.4, -0.2) is 60.8 Å². The summed E-state index contributed by atoms with van der Waals surface area (Å²) >= 11 is 0. The minimum atomic E-state index is 0.430. The zero-order valence-corrected chi connectivity index (χ0v) is 11.5. The van der Waals surface area contributed by atoms with Crippen LogP contribution < -0.4 is 4.90 Å². The minimum Gasteiger partial charge on any atom is -0.379 e. The van der Waals surface area contributed by atoms with Crippen molar-refractivity contribution in [3.63, 3.8) is 0 Å². The van der Waals surface area contributed by atoms with Gasteiger partial charge in [0, 0.05) is 45.1 Å². The summed E-state index contributed by atoms with van der Waals surface area (Å²) in [6.07, 6.45) is 4.38. The molecule has 0 aliphatic carbocycles. The fourth-order valence-corrected chi connectivity index (χ4v) is 2.96. The molecule has 0 unspecified atom stereocenters. The smallest absolute Gasteiger partial charge is 0.183 e. The zero-order chi connectivity index (χ0) is 13.8. The van der Waals surface area contributed by atoms with Crippen LogP contribution in [0, 0.1) is 17.2 Å². The van der Waals surface area contributed by atoms with Crippen LogP contribution in [0.3, 0.4) is 0 Å². The highest BCUT2D eigenvalue weighted by atomic mass is 16.5. The van der Waals surface area contributed by atoms with Gasteiger partial charge in [-0.05, 0) is 12.3 Å². The Morgan fingerprint density at radius 2 is 2.05 bits per heavy atom. The molecule has 0 N–H and O–H groups in total. The molecule has 3 rings (SSSR count). The normalized spacial score (nSPS) is 23.8. The first-order valence-corrected chi connectivity index (χ1v) is 7.13. The largest absolute Gasteiger partial charge is 0.379 e. The molecule has 0 spiro atoms. The molecule has 1 aromatic rings. The first kappa shape index (κ1) is 13.3. The molecule has 20 heavy (non-hydrogen) atoms. The molecule has 0 amide bonds. The molecule has 0 radical (unpaired) electrons. The van der Waals surface area contributed by atoms with Crippen LogP contribution >= 0.6 is 0 Å². The van der Waals surface area contributed by atoms with Crippen molar-refractivity contribution in [3.8, 4) is 6.07 Å². The Morgan fingerprint density at radius 3 is 2.85 bits per heavy atom. The minimum absolute atomic E-state index is 0.430. The van der Waals surface area contributed by atoms with Gasteiger partial charge in [0.15, 0.2) is 11.5 Å². The lowest BCUT2D eigenvalue weighted by atomic mass is 10.1. The Kier molecular flexibility index (Phi) is 4.09. The summed E-state index contributed by atoms with van der Waals surface area (Å²) in [6, 6.07) is 2.13. The number of aromatic nitrogens is 2. The molecule has 2 aliphatic rings. The van der Waals surface area contributed by atoms with Crippen molar-refractivity contribution in [2.75, 3.05) is 50.8 Å². The Labute approximate surface area is 119 Å². The maximum Gasteiger partial charge on any atom is 0.183 e. The van der Waals surface area contributed by atoms with Crippen LogP contribution in [0.5, 0.6) is 0 Å². The highest BCUT2D eigenvalue weighted by molar-refractivity contribution is 5.50. The highest BCUT2D eigenvalue weighted by Gasteiger charge is 2.27. The van der Waals surface area contributed by atoms with E-state index in [-0.39, 0.29) is 0 Å². The summed E-state index contributed by atoms with van der Waals surface area (Å²) < 4.78 is 5.38. The van der Waals surface area contributed by atoms with E-state index in [1.54, 1.807) is 12.4 Å². The number of hydrogen-bond donors (Lipinski definition) is 0. The molecular formula is C14H19N5O. The Balaban J connectivity index is 1.60. The van der Waals surface area contributed by atoms with Gasteiger partial charge in [0.2, 0.25) is 0 Å². The van der Waals surface area contributed by atoms with Crippen molar-refractivity contribution in [1.82, 2.24) is 14.9 Å². The summed E-state index contributed by atoms with van der Waals surface area (Å²) in [6.45, 7) is 6.80. The van der Waals surface area contributed by atoms with E-state index < -0.39 is 0 Å². The van der Waals surface area contributed by atoms with E-state index >= 15 is 0 Å². The summed E-state index contributed by atoms with van der Waals surface area (Å²) in [5.74, 6) is 1.38. The second kappa shape index (κ2) is 6.16. The molecule has 6 heteroatoms. The van der Waals surface area contributed by atoms with E-state index in [1.165, 1.54) is 0 Å². The van der Waals surface area contributed by atoms with Crippen LogP contribution in [0.2, 0.25) is 0 Å². The van der Waals surface area contributed by atoms with Crippen LogP contribution in [0.15, 0.2) is 12.4 Å². The standard InChI is InChI=1S/C14H19N5O/c15-9-13-14(17-3-2-16-13)19-4-1-12(11-19)10-18-5-7-20-8-6-18/h2-3,12H,1,4-8,10-11H2/t12-/m0/s1. The molecule has 3 heterocycles. The molecular weight excluding hydrogens is 254 g/mol. The topological polar surface area (TPSA) is 65.3 Å². The number of anilines is 1.